The predicted molar refractivity (Wildman–Crippen MR) is 83.2 cm³/mol. The number of amides is 3. The van der Waals surface area contributed by atoms with Gasteiger partial charge in [-0.2, -0.15) is 0 Å². The number of carbonyl (C=O) groups is 3. The molecule has 22 heavy (non-hydrogen) atoms. The summed E-state index contributed by atoms with van der Waals surface area (Å²) in [5.74, 6) is -0.616. The molecule has 1 aliphatic rings. The van der Waals surface area contributed by atoms with Crippen LogP contribution in [0.25, 0.3) is 0 Å². The van der Waals surface area contributed by atoms with E-state index in [0.717, 1.165) is 18.4 Å². The van der Waals surface area contributed by atoms with E-state index in [1.807, 2.05) is 13.0 Å². The molecule has 5 N–H and O–H groups in total. The van der Waals surface area contributed by atoms with Gasteiger partial charge >= 0.3 is 0 Å². The summed E-state index contributed by atoms with van der Waals surface area (Å²) in [6.07, 6.45) is 1.87. The fourth-order valence-electron chi connectivity index (χ4n) is 1.87. The molecule has 0 unspecified atom stereocenters. The number of anilines is 2. The highest BCUT2D eigenvalue weighted by atomic mass is 16.2. The van der Waals surface area contributed by atoms with Crippen molar-refractivity contribution in [3.8, 4) is 0 Å². The molecule has 0 heterocycles. The Labute approximate surface area is 128 Å². The summed E-state index contributed by atoms with van der Waals surface area (Å²) >= 11 is 0. The molecule has 1 aromatic rings. The van der Waals surface area contributed by atoms with Gasteiger partial charge in [0.05, 0.1) is 13.1 Å². The van der Waals surface area contributed by atoms with Crippen LogP contribution in [0.15, 0.2) is 18.2 Å². The van der Waals surface area contributed by atoms with Gasteiger partial charge in [0.25, 0.3) is 0 Å². The molecule has 7 nitrogen and oxygen atoms in total. The molecule has 1 aliphatic carbocycles. The first-order valence-electron chi connectivity index (χ1n) is 7.17. The number of hydrogen-bond donors (Lipinski definition) is 4. The highest BCUT2D eigenvalue weighted by Crippen LogP contribution is 2.30. The van der Waals surface area contributed by atoms with Crippen LogP contribution in [0, 0.1) is 12.8 Å². The van der Waals surface area contributed by atoms with E-state index in [1.54, 1.807) is 12.1 Å². The molecule has 0 atom stereocenters. The van der Waals surface area contributed by atoms with Crippen molar-refractivity contribution < 1.29 is 14.4 Å². The van der Waals surface area contributed by atoms with E-state index < -0.39 is 5.91 Å². The third-order valence-corrected chi connectivity index (χ3v) is 3.36. The van der Waals surface area contributed by atoms with Crippen molar-refractivity contribution in [2.24, 2.45) is 11.7 Å². The van der Waals surface area contributed by atoms with Crippen LogP contribution < -0.4 is 21.7 Å². The summed E-state index contributed by atoms with van der Waals surface area (Å²) in [6, 6.07) is 5.32. The fraction of sp³-hybridized carbons (Fsp3) is 0.400. The van der Waals surface area contributed by atoms with Crippen molar-refractivity contribution in [3.63, 3.8) is 0 Å². The SMILES string of the molecule is Cc1ccc(NC(=O)C2CC2)cc1NC(=O)CNC(=O)CN. The van der Waals surface area contributed by atoms with Gasteiger partial charge in [0.2, 0.25) is 17.7 Å². The maximum Gasteiger partial charge on any atom is 0.243 e. The Hall–Kier alpha value is -2.41. The van der Waals surface area contributed by atoms with Gasteiger partial charge < -0.3 is 21.7 Å². The molecular formula is C15H20N4O3. The molecule has 2 rings (SSSR count). The molecule has 0 aromatic heterocycles. The van der Waals surface area contributed by atoms with Crippen LogP contribution in [0.3, 0.4) is 0 Å². The summed E-state index contributed by atoms with van der Waals surface area (Å²) in [4.78, 5) is 34.5. The van der Waals surface area contributed by atoms with Crippen molar-refractivity contribution in [2.75, 3.05) is 23.7 Å². The van der Waals surface area contributed by atoms with Crippen molar-refractivity contribution in [2.45, 2.75) is 19.8 Å². The molecule has 0 radical (unpaired) electrons. The molecule has 0 bridgehead atoms. The predicted octanol–water partition coefficient (Wildman–Crippen LogP) is 0.357. The third-order valence-electron chi connectivity index (χ3n) is 3.36. The highest BCUT2D eigenvalue weighted by Gasteiger charge is 2.29. The lowest BCUT2D eigenvalue weighted by atomic mass is 10.1. The number of rotatable bonds is 6. The van der Waals surface area contributed by atoms with Gasteiger partial charge in [-0.3, -0.25) is 14.4 Å². The average Bonchev–Trinajstić information content (AvgIpc) is 3.33. The van der Waals surface area contributed by atoms with Crippen LogP contribution in [0.2, 0.25) is 0 Å². The summed E-state index contributed by atoms with van der Waals surface area (Å²) < 4.78 is 0. The van der Waals surface area contributed by atoms with E-state index in [4.69, 9.17) is 5.73 Å². The minimum absolute atomic E-state index is 0.0105. The lowest BCUT2D eigenvalue weighted by Crippen LogP contribution is -2.36. The molecule has 0 saturated heterocycles. The molecule has 1 fully saturated rings. The minimum Gasteiger partial charge on any atom is -0.346 e. The first kappa shape index (κ1) is 16.0. The van der Waals surface area contributed by atoms with Crippen LogP contribution >= 0.6 is 0 Å². The van der Waals surface area contributed by atoms with Gasteiger partial charge in [0, 0.05) is 17.3 Å². The molecule has 1 saturated carbocycles. The quantitative estimate of drug-likeness (QED) is 0.607. The van der Waals surface area contributed by atoms with Crippen LogP contribution in [0.1, 0.15) is 18.4 Å². The van der Waals surface area contributed by atoms with Crippen LogP contribution in [0.4, 0.5) is 11.4 Å². The van der Waals surface area contributed by atoms with E-state index in [0.29, 0.717) is 11.4 Å². The summed E-state index contributed by atoms with van der Waals surface area (Å²) in [7, 11) is 0. The van der Waals surface area contributed by atoms with Crippen LogP contribution in [-0.4, -0.2) is 30.8 Å². The second kappa shape index (κ2) is 7.04. The minimum atomic E-state index is -0.391. The van der Waals surface area contributed by atoms with Gasteiger partial charge in [-0.1, -0.05) is 6.07 Å². The molecule has 0 spiro atoms. The van der Waals surface area contributed by atoms with E-state index in [2.05, 4.69) is 16.0 Å². The Morgan fingerprint density at radius 2 is 1.91 bits per heavy atom. The largest absolute Gasteiger partial charge is 0.346 e. The number of hydrogen-bond acceptors (Lipinski definition) is 4. The van der Waals surface area contributed by atoms with Gasteiger partial charge in [-0.05, 0) is 37.5 Å². The monoisotopic (exact) mass is 304 g/mol. The first-order valence-corrected chi connectivity index (χ1v) is 7.17. The van der Waals surface area contributed by atoms with Crippen molar-refractivity contribution in [1.82, 2.24) is 5.32 Å². The van der Waals surface area contributed by atoms with Gasteiger partial charge in [-0.25, -0.2) is 0 Å². The number of carbonyl (C=O) groups excluding carboxylic acids is 3. The van der Waals surface area contributed by atoms with Crippen molar-refractivity contribution in [3.05, 3.63) is 23.8 Å². The number of aryl methyl sites for hydroxylation is 1. The molecule has 0 aliphatic heterocycles. The standard InChI is InChI=1S/C15H20N4O3/c1-9-2-5-11(18-15(22)10-3-4-10)6-12(9)19-14(21)8-17-13(20)7-16/h2,5-6,10H,3-4,7-8,16H2,1H3,(H,17,20)(H,18,22)(H,19,21). The molecule has 1 aromatic carbocycles. The Kier molecular flexibility index (Phi) is 5.11. The fourth-order valence-corrected chi connectivity index (χ4v) is 1.87. The van der Waals surface area contributed by atoms with Gasteiger partial charge in [-0.15, -0.1) is 0 Å². The van der Waals surface area contributed by atoms with E-state index in [-0.39, 0.29) is 30.8 Å². The summed E-state index contributed by atoms with van der Waals surface area (Å²) in [5.41, 5.74) is 7.25. The van der Waals surface area contributed by atoms with E-state index >= 15 is 0 Å². The van der Waals surface area contributed by atoms with E-state index in [1.165, 1.54) is 0 Å². The zero-order chi connectivity index (χ0) is 16.1. The second-order valence-electron chi connectivity index (χ2n) is 5.32. The van der Waals surface area contributed by atoms with Gasteiger partial charge in [0.15, 0.2) is 0 Å². The normalized spacial score (nSPS) is 13.4. The smallest absolute Gasteiger partial charge is 0.243 e. The zero-order valence-corrected chi connectivity index (χ0v) is 12.4. The number of nitrogens with two attached hydrogens (primary N) is 1. The molecule has 3 amide bonds. The zero-order valence-electron chi connectivity index (χ0n) is 12.4. The topological polar surface area (TPSA) is 113 Å². The van der Waals surface area contributed by atoms with Crippen molar-refractivity contribution in [1.29, 1.82) is 0 Å². The Morgan fingerprint density at radius 3 is 2.55 bits per heavy atom. The second-order valence-corrected chi connectivity index (χ2v) is 5.32. The molecule has 7 heteroatoms. The molecular weight excluding hydrogens is 284 g/mol. The third kappa shape index (κ3) is 4.56. The van der Waals surface area contributed by atoms with Crippen LogP contribution in [-0.2, 0) is 14.4 Å². The Bertz CT molecular complexity index is 596. The maximum absolute atomic E-state index is 11.8. The van der Waals surface area contributed by atoms with E-state index in [9.17, 15) is 14.4 Å². The first-order chi connectivity index (χ1) is 10.5. The number of nitrogens with one attached hydrogen (secondary N) is 3. The Balaban J connectivity index is 1.95. The lowest BCUT2D eigenvalue weighted by Gasteiger charge is -2.12. The Morgan fingerprint density at radius 1 is 1.18 bits per heavy atom. The number of benzene rings is 1. The maximum atomic E-state index is 11.8. The summed E-state index contributed by atoms with van der Waals surface area (Å²) in [5, 5.41) is 7.93. The van der Waals surface area contributed by atoms with Crippen LogP contribution in [0.5, 0.6) is 0 Å². The highest BCUT2D eigenvalue weighted by molar-refractivity contribution is 5.97. The van der Waals surface area contributed by atoms with Gasteiger partial charge in [0.1, 0.15) is 0 Å². The average molecular weight is 304 g/mol. The lowest BCUT2D eigenvalue weighted by molar-refractivity contribution is -0.123. The molecule has 118 valence electrons. The van der Waals surface area contributed by atoms with Crippen molar-refractivity contribution >= 4 is 29.1 Å². The summed E-state index contributed by atoms with van der Waals surface area (Å²) in [6.45, 7) is 1.55.